The molecule has 21 heavy (non-hydrogen) atoms. The third kappa shape index (κ3) is 6.06. The van der Waals surface area contributed by atoms with Gasteiger partial charge in [-0.05, 0) is 38.5 Å². The molecule has 0 fully saturated rings. The number of unbranched alkanes of at least 4 members (excludes halogenated alkanes) is 2. The summed E-state index contributed by atoms with van der Waals surface area (Å²) >= 11 is 3.42. The molecule has 0 aliphatic rings. The fourth-order valence-electron chi connectivity index (χ4n) is 1.96. The number of benzene rings is 1. The van der Waals surface area contributed by atoms with Crippen LogP contribution in [0.5, 0.6) is 5.75 Å². The first kappa shape index (κ1) is 18.0. The molecule has 0 radical (unpaired) electrons. The summed E-state index contributed by atoms with van der Waals surface area (Å²) in [5.74, 6) is 0.564. The third-order valence-corrected chi connectivity index (χ3v) is 3.71. The maximum absolute atomic E-state index is 12.0. The zero-order valence-corrected chi connectivity index (χ0v) is 14.6. The predicted octanol–water partition coefficient (Wildman–Crippen LogP) is 3.54. The van der Waals surface area contributed by atoms with Crippen molar-refractivity contribution in [2.75, 3.05) is 6.54 Å². The van der Waals surface area contributed by atoms with Gasteiger partial charge in [0.25, 0.3) is 5.91 Å². The number of hydrogen-bond donors (Lipinski definition) is 2. The smallest absolute Gasteiger partial charge is 0.260 e. The molecule has 0 heterocycles. The van der Waals surface area contributed by atoms with Crippen molar-refractivity contribution in [3.63, 3.8) is 0 Å². The van der Waals surface area contributed by atoms with Gasteiger partial charge in [0.2, 0.25) is 0 Å². The Morgan fingerprint density at radius 1 is 1.38 bits per heavy atom. The molecular formula is C16H25BrN2O2. The summed E-state index contributed by atoms with van der Waals surface area (Å²) in [4.78, 5) is 12.0. The van der Waals surface area contributed by atoms with Gasteiger partial charge in [-0.3, -0.25) is 4.79 Å². The second-order valence-corrected chi connectivity index (χ2v) is 6.14. The highest BCUT2D eigenvalue weighted by Crippen LogP contribution is 2.28. The number of halogens is 1. The molecule has 1 rings (SSSR count). The summed E-state index contributed by atoms with van der Waals surface area (Å²) in [6, 6.07) is 5.49. The monoisotopic (exact) mass is 356 g/mol. The van der Waals surface area contributed by atoms with E-state index in [2.05, 4.69) is 28.2 Å². The van der Waals surface area contributed by atoms with Gasteiger partial charge in [0.05, 0.1) is 0 Å². The molecule has 1 aromatic rings. The number of nitrogens with two attached hydrogens (primary N) is 1. The highest BCUT2D eigenvalue weighted by molar-refractivity contribution is 9.10. The minimum Gasteiger partial charge on any atom is -0.481 e. The Bertz CT molecular complexity index is 464. The summed E-state index contributed by atoms with van der Waals surface area (Å²) in [5.41, 5.74) is 6.83. The van der Waals surface area contributed by atoms with Gasteiger partial charge < -0.3 is 15.8 Å². The summed E-state index contributed by atoms with van der Waals surface area (Å²) < 4.78 is 6.71. The van der Waals surface area contributed by atoms with Crippen LogP contribution in [-0.4, -0.2) is 18.6 Å². The Balaban J connectivity index is 2.61. The van der Waals surface area contributed by atoms with E-state index >= 15 is 0 Å². The molecule has 5 heteroatoms. The molecular weight excluding hydrogens is 332 g/mol. The molecule has 0 aliphatic heterocycles. The average molecular weight is 357 g/mol. The molecule has 1 unspecified atom stereocenters. The van der Waals surface area contributed by atoms with Crippen molar-refractivity contribution >= 4 is 21.8 Å². The minimum absolute atomic E-state index is 0.0929. The van der Waals surface area contributed by atoms with E-state index in [-0.39, 0.29) is 11.9 Å². The SMILES string of the molecule is CCCCCNC(=O)C(C)Oc1ccc(Br)cc1[C@H](C)N. The molecule has 1 aromatic carbocycles. The Morgan fingerprint density at radius 2 is 2.10 bits per heavy atom. The van der Waals surface area contributed by atoms with Crippen LogP contribution in [0, 0.1) is 0 Å². The second-order valence-electron chi connectivity index (χ2n) is 5.23. The number of amides is 1. The standard InChI is InChI=1S/C16H25BrN2O2/c1-4-5-6-9-19-16(20)12(3)21-15-8-7-13(17)10-14(15)11(2)18/h7-8,10-12H,4-6,9,18H2,1-3H3,(H,19,20)/t11-,12?/m0/s1. The predicted molar refractivity (Wildman–Crippen MR) is 89.4 cm³/mol. The number of nitrogens with one attached hydrogen (secondary N) is 1. The van der Waals surface area contributed by atoms with Gasteiger partial charge in [0.1, 0.15) is 5.75 Å². The number of rotatable bonds is 8. The lowest BCUT2D eigenvalue weighted by molar-refractivity contribution is -0.127. The first-order valence-electron chi connectivity index (χ1n) is 7.45. The van der Waals surface area contributed by atoms with Gasteiger partial charge in [0.15, 0.2) is 6.10 Å². The van der Waals surface area contributed by atoms with E-state index in [4.69, 9.17) is 10.5 Å². The van der Waals surface area contributed by atoms with E-state index in [1.807, 2.05) is 25.1 Å². The molecule has 1 amide bonds. The highest BCUT2D eigenvalue weighted by atomic mass is 79.9. The van der Waals surface area contributed by atoms with Crippen molar-refractivity contribution in [3.05, 3.63) is 28.2 Å². The van der Waals surface area contributed by atoms with E-state index in [0.29, 0.717) is 12.3 Å². The fourth-order valence-corrected chi connectivity index (χ4v) is 2.34. The van der Waals surface area contributed by atoms with Gasteiger partial charge >= 0.3 is 0 Å². The van der Waals surface area contributed by atoms with E-state index in [9.17, 15) is 4.79 Å². The van der Waals surface area contributed by atoms with Gasteiger partial charge in [0, 0.05) is 22.6 Å². The fraction of sp³-hybridized carbons (Fsp3) is 0.562. The lowest BCUT2D eigenvalue weighted by Gasteiger charge is -2.19. The van der Waals surface area contributed by atoms with Crippen molar-refractivity contribution in [1.82, 2.24) is 5.32 Å². The van der Waals surface area contributed by atoms with Crippen molar-refractivity contribution in [2.45, 2.75) is 52.2 Å². The Labute approximate surface area is 135 Å². The Hall–Kier alpha value is -1.07. The summed E-state index contributed by atoms with van der Waals surface area (Å²) in [5, 5.41) is 2.89. The lowest BCUT2D eigenvalue weighted by Crippen LogP contribution is -2.37. The Kier molecular flexibility index (Phi) is 7.75. The normalized spacial score (nSPS) is 13.6. The zero-order valence-electron chi connectivity index (χ0n) is 13.0. The quantitative estimate of drug-likeness (QED) is 0.700. The molecule has 3 N–H and O–H groups in total. The van der Waals surface area contributed by atoms with Gasteiger partial charge in [-0.25, -0.2) is 0 Å². The molecule has 0 saturated carbocycles. The maximum atomic E-state index is 12.0. The summed E-state index contributed by atoms with van der Waals surface area (Å²) in [6.45, 7) is 6.48. The first-order valence-corrected chi connectivity index (χ1v) is 8.24. The van der Waals surface area contributed by atoms with Gasteiger partial charge in [-0.1, -0.05) is 35.7 Å². The first-order chi connectivity index (χ1) is 9.95. The molecule has 0 saturated heterocycles. The summed E-state index contributed by atoms with van der Waals surface area (Å²) in [7, 11) is 0. The van der Waals surface area contributed by atoms with Crippen molar-refractivity contribution in [3.8, 4) is 5.75 Å². The maximum Gasteiger partial charge on any atom is 0.260 e. The van der Waals surface area contributed by atoms with Crippen molar-refractivity contribution in [2.24, 2.45) is 5.73 Å². The van der Waals surface area contributed by atoms with Crippen molar-refractivity contribution < 1.29 is 9.53 Å². The topological polar surface area (TPSA) is 64.3 Å². The number of carbonyl (C=O) groups is 1. The Morgan fingerprint density at radius 3 is 2.71 bits per heavy atom. The second kappa shape index (κ2) is 9.05. The van der Waals surface area contributed by atoms with Gasteiger partial charge in [-0.2, -0.15) is 0 Å². The molecule has 118 valence electrons. The molecule has 0 aliphatic carbocycles. The van der Waals surface area contributed by atoms with Crippen LogP contribution in [0.4, 0.5) is 0 Å². The number of hydrogen-bond acceptors (Lipinski definition) is 3. The van der Waals surface area contributed by atoms with Crippen LogP contribution in [0.15, 0.2) is 22.7 Å². The van der Waals surface area contributed by atoms with Crippen LogP contribution >= 0.6 is 15.9 Å². The molecule has 0 aromatic heterocycles. The highest BCUT2D eigenvalue weighted by Gasteiger charge is 2.17. The van der Waals surface area contributed by atoms with Crippen LogP contribution in [0.25, 0.3) is 0 Å². The van der Waals surface area contributed by atoms with E-state index < -0.39 is 6.10 Å². The third-order valence-electron chi connectivity index (χ3n) is 3.21. The molecule has 2 atom stereocenters. The number of ether oxygens (including phenoxy) is 1. The van der Waals surface area contributed by atoms with Crippen molar-refractivity contribution in [1.29, 1.82) is 0 Å². The largest absolute Gasteiger partial charge is 0.481 e. The van der Waals surface area contributed by atoms with E-state index in [1.165, 1.54) is 0 Å². The zero-order chi connectivity index (χ0) is 15.8. The van der Waals surface area contributed by atoms with E-state index in [0.717, 1.165) is 29.3 Å². The minimum atomic E-state index is -0.537. The lowest BCUT2D eigenvalue weighted by atomic mass is 10.1. The molecule has 4 nitrogen and oxygen atoms in total. The molecule has 0 bridgehead atoms. The van der Waals surface area contributed by atoms with Gasteiger partial charge in [-0.15, -0.1) is 0 Å². The number of carbonyl (C=O) groups excluding carboxylic acids is 1. The van der Waals surface area contributed by atoms with Crippen LogP contribution < -0.4 is 15.8 Å². The summed E-state index contributed by atoms with van der Waals surface area (Å²) in [6.07, 6.45) is 2.72. The van der Waals surface area contributed by atoms with Crippen LogP contribution in [0.3, 0.4) is 0 Å². The molecule has 0 spiro atoms. The van der Waals surface area contributed by atoms with Crippen LogP contribution in [0.1, 0.15) is 51.6 Å². The average Bonchev–Trinajstić information content (AvgIpc) is 2.44. The van der Waals surface area contributed by atoms with Crippen LogP contribution in [0.2, 0.25) is 0 Å². The van der Waals surface area contributed by atoms with E-state index in [1.54, 1.807) is 6.92 Å². The van der Waals surface area contributed by atoms with Crippen LogP contribution in [-0.2, 0) is 4.79 Å².